The Kier molecular flexibility index (Phi) is 6.21. The SMILES string of the molecule is C#CCN(CCC)CCCc1cccc(N)c1. The van der Waals surface area contributed by atoms with Crippen LogP contribution < -0.4 is 5.73 Å². The van der Waals surface area contributed by atoms with Gasteiger partial charge in [-0.3, -0.25) is 4.90 Å². The van der Waals surface area contributed by atoms with Crippen LogP contribution in [0.15, 0.2) is 24.3 Å². The van der Waals surface area contributed by atoms with Crippen molar-refractivity contribution in [2.75, 3.05) is 25.4 Å². The number of nitrogens with two attached hydrogens (primary N) is 1. The molecule has 1 rings (SSSR count). The van der Waals surface area contributed by atoms with Gasteiger partial charge in [0.05, 0.1) is 6.54 Å². The lowest BCUT2D eigenvalue weighted by Gasteiger charge is -2.18. The number of hydrogen-bond acceptors (Lipinski definition) is 2. The van der Waals surface area contributed by atoms with Crippen LogP contribution >= 0.6 is 0 Å². The molecule has 2 heteroatoms. The Morgan fingerprint density at radius 1 is 1.35 bits per heavy atom. The average molecular weight is 230 g/mol. The summed E-state index contributed by atoms with van der Waals surface area (Å²) in [6.07, 6.45) is 8.70. The van der Waals surface area contributed by atoms with E-state index in [0.29, 0.717) is 0 Å². The summed E-state index contributed by atoms with van der Waals surface area (Å²) in [5, 5.41) is 0. The molecule has 0 aliphatic heterocycles. The topological polar surface area (TPSA) is 29.3 Å². The second-order valence-electron chi connectivity index (χ2n) is 4.33. The van der Waals surface area contributed by atoms with Crippen LogP contribution in [-0.4, -0.2) is 24.5 Å². The lowest BCUT2D eigenvalue weighted by molar-refractivity contribution is 0.303. The molecule has 92 valence electrons. The Morgan fingerprint density at radius 2 is 2.18 bits per heavy atom. The van der Waals surface area contributed by atoms with E-state index in [1.165, 1.54) is 5.56 Å². The quantitative estimate of drug-likeness (QED) is 0.576. The largest absolute Gasteiger partial charge is 0.399 e. The second-order valence-corrected chi connectivity index (χ2v) is 4.33. The van der Waals surface area contributed by atoms with Gasteiger partial charge in [0, 0.05) is 5.69 Å². The highest BCUT2D eigenvalue weighted by Gasteiger charge is 2.01. The van der Waals surface area contributed by atoms with Crippen molar-refractivity contribution < 1.29 is 0 Å². The number of aryl methyl sites for hydroxylation is 1. The molecule has 0 unspecified atom stereocenters. The summed E-state index contributed by atoms with van der Waals surface area (Å²) < 4.78 is 0. The number of anilines is 1. The minimum absolute atomic E-state index is 0.755. The van der Waals surface area contributed by atoms with Crippen LogP contribution in [-0.2, 0) is 6.42 Å². The van der Waals surface area contributed by atoms with Crippen LogP contribution in [0.5, 0.6) is 0 Å². The Bertz CT molecular complexity index is 365. The first kappa shape index (κ1) is 13.6. The van der Waals surface area contributed by atoms with Crippen molar-refractivity contribution in [1.29, 1.82) is 0 Å². The number of nitrogens with zero attached hydrogens (tertiary/aromatic N) is 1. The first-order valence-electron chi connectivity index (χ1n) is 6.26. The van der Waals surface area contributed by atoms with Gasteiger partial charge in [0.2, 0.25) is 0 Å². The molecule has 0 aromatic heterocycles. The van der Waals surface area contributed by atoms with Crippen LogP contribution in [0.25, 0.3) is 0 Å². The highest BCUT2D eigenvalue weighted by molar-refractivity contribution is 5.40. The lowest BCUT2D eigenvalue weighted by atomic mass is 10.1. The highest BCUT2D eigenvalue weighted by Crippen LogP contribution is 2.09. The van der Waals surface area contributed by atoms with E-state index < -0.39 is 0 Å². The number of hydrogen-bond donors (Lipinski definition) is 1. The molecule has 0 radical (unpaired) electrons. The molecule has 1 aromatic carbocycles. The number of terminal acetylenes is 1. The monoisotopic (exact) mass is 230 g/mol. The Labute approximate surface area is 105 Å². The van der Waals surface area contributed by atoms with Crippen molar-refractivity contribution >= 4 is 5.69 Å². The zero-order chi connectivity index (χ0) is 12.5. The van der Waals surface area contributed by atoms with Crippen molar-refractivity contribution in [2.24, 2.45) is 0 Å². The average Bonchev–Trinajstić information content (AvgIpc) is 2.30. The normalized spacial score (nSPS) is 10.4. The Hall–Kier alpha value is -1.46. The molecule has 0 atom stereocenters. The standard InChI is InChI=1S/C15H22N2/c1-3-10-17(11-4-2)12-6-8-14-7-5-9-15(16)13-14/h1,5,7,9,13H,4,6,8,10-12,16H2,2H3. The van der Waals surface area contributed by atoms with Crippen LogP contribution in [0.1, 0.15) is 25.3 Å². The van der Waals surface area contributed by atoms with Crippen LogP contribution in [0.3, 0.4) is 0 Å². The summed E-state index contributed by atoms with van der Waals surface area (Å²) in [5.41, 5.74) is 7.90. The molecule has 0 heterocycles. The van der Waals surface area contributed by atoms with Gasteiger partial charge in [-0.25, -0.2) is 0 Å². The van der Waals surface area contributed by atoms with Gasteiger partial charge in [0.15, 0.2) is 0 Å². The summed E-state index contributed by atoms with van der Waals surface area (Å²) >= 11 is 0. The molecule has 0 fully saturated rings. The summed E-state index contributed by atoms with van der Waals surface area (Å²) in [5.74, 6) is 2.72. The molecule has 0 spiro atoms. The molecule has 1 aromatic rings. The molecule has 0 saturated carbocycles. The molecule has 2 nitrogen and oxygen atoms in total. The highest BCUT2D eigenvalue weighted by atomic mass is 15.1. The molecule has 0 amide bonds. The van der Waals surface area contributed by atoms with Crippen molar-refractivity contribution in [2.45, 2.75) is 26.2 Å². The van der Waals surface area contributed by atoms with E-state index in [-0.39, 0.29) is 0 Å². The molecule has 0 bridgehead atoms. The molecular weight excluding hydrogens is 208 g/mol. The van der Waals surface area contributed by atoms with Gasteiger partial charge in [-0.15, -0.1) is 6.42 Å². The maximum absolute atomic E-state index is 5.75. The van der Waals surface area contributed by atoms with Crippen molar-refractivity contribution in [3.63, 3.8) is 0 Å². The summed E-state index contributed by atoms with van der Waals surface area (Å²) in [6, 6.07) is 8.11. The second kappa shape index (κ2) is 7.76. The molecule has 17 heavy (non-hydrogen) atoms. The van der Waals surface area contributed by atoms with E-state index in [4.69, 9.17) is 12.2 Å². The number of nitrogen functional groups attached to an aromatic ring is 1. The van der Waals surface area contributed by atoms with E-state index in [1.807, 2.05) is 18.2 Å². The molecular formula is C15H22N2. The third kappa shape index (κ3) is 5.42. The number of rotatable bonds is 7. The van der Waals surface area contributed by atoms with Crippen LogP contribution in [0.4, 0.5) is 5.69 Å². The van der Waals surface area contributed by atoms with Gasteiger partial charge < -0.3 is 5.73 Å². The predicted molar refractivity (Wildman–Crippen MR) is 74.7 cm³/mol. The Balaban J connectivity index is 2.33. The zero-order valence-electron chi connectivity index (χ0n) is 10.7. The van der Waals surface area contributed by atoms with E-state index in [1.54, 1.807) is 0 Å². The maximum atomic E-state index is 5.75. The van der Waals surface area contributed by atoms with E-state index in [0.717, 1.165) is 44.6 Å². The van der Waals surface area contributed by atoms with E-state index >= 15 is 0 Å². The minimum Gasteiger partial charge on any atom is -0.399 e. The first-order chi connectivity index (χ1) is 8.26. The fourth-order valence-corrected chi connectivity index (χ4v) is 1.97. The summed E-state index contributed by atoms with van der Waals surface area (Å²) in [6.45, 7) is 5.08. The lowest BCUT2D eigenvalue weighted by Crippen LogP contribution is -2.26. The maximum Gasteiger partial charge on any atom is 0.0598 e. The van der Waals surface area contributed by atoms with E-state index in [2.05, 4.69) is 23.8 Å². The third-order valence-electron chi connectivity index (χ3n) is 2.75. The van der Waals surface area contributed by atoms with Crippen molar-refractivity contribution in [1.82, 2.24) is 4.90 Å². The minimum atomic E-state index is 0.755. The van der Waals surface area contributed by atoms with Gasteiger partial charge in [0.1, 0.15) is 0 Å². The predicted octanol–water partition coefficient (Wildman–Crippen LogP) is 2.55. The van der Waals surface area contributed by atoms with Crippen LogP contribution in [0.2, 0.25) is 0 Å². The summed E-state index contributed by atoms with van der Waals surface area (Å²) in [7, 11) is 0. The van der Waals surface area contributed by atoms with Crippen LogP contribution in [0, 0.1) is 12.3 Å². The fourth-order valence-electron chi connectivity index (χ4n) is 1.97. The molecule has 0 aliphatic rings. The van der Waals surface area contributed by atoms with Gasteiger partial charge in [-0.05, 0) is 50.0 Å². The first-order valence-corrected chi connectivity index (χ1v) is 6.26. The van der Waals surface area contributed by atoms with Gasteiger partial charge >= 0.3 is 0 Å². The summed E-state index contributed by atoms with van der Waals surface area (Å²) in [4.78, 5) is 2.33. The van der Waals surface area contributed by atoms with Gasteiger partial charge in [-0.1, -0.05) is 25.0 Å². The Morgan fingerprint density at radius 3 is 2.82 bits per heavy atom. The molecule has 2 N–H and O–H groups in total. The fraction of sp³-hybridized carbons (Fsp3) is 0.467. The van der Waals surface area contributed by atoms with Gasteiger partial charge in [-0.2, -0.15) is 0 Å². The van der Waals surface area contributed by atoms with Gasteiger partial charge in [0.25, 0.3) is 0 Å². The third-order valence-corrected chi connectivity index (χ3v) is 2.75. The smallest absolute Gasteiger partial charge is 0.0598 e. The van der Waals surface area contributed by atoms with Crippen molar-refractivity contribution in [3.05, 3.63) is 29.8 Å². The molecule has 0 aliphatic carbocycles. The molecule has 0 saturated heterocycles. The zero-order valence-corrected chi connectivity index (χ0v) is 10.7. The van der Waals surface area contributed by atoms with E-state index in [9.17, 15) is 0 Å². The number of benzene rings is 1. The van der Waals surface area contributed by atoms with Crippen molar-refractivity contribution in [3.8, 4) is 12.3 Å².